The molecule has 0 bridgehead atoms. The Bertz CT molecular complexity index is 933. The van der Waals surface area contributed by atoms with Crippen LogP contribution in [0.4, 0.5) is 5.82 Å². The van der Waals surface area contributed by atoms with Crippen molar-refractivity contribution < 1.29 is 18.8 Å². The molecule has 3 rings (SSSR count). The average molecular weight is 360 g/mol. The quantitative estimate of drug-likeness (QED) is 0.551. The van der Waals surface area contributed by atoms with Gasteiger partial charge in [0.15, 0.2) is 22.8 Å². The molecule has 0 radical (unpaired) electrons. The highest BCUT2D eigenvalue weighted by molar-refractivity contribution is 7.98. The van der Waals surface area contributed by atoms with E-state index in [0.29, 0.717) is 16.4 Å². The Kier molecular flexibility index (Phi) is 4.75. The van der Waals surface area contributed by atoms with Crippen molar-refractivity contribution in [1.29, 1.82) is 0 Å². The van der Waals surface area contributed by atoms with E-state index in [1.54, 1.807) is 29.5 Å². The number of carbonyl (C=O) groups excluding carboxylic acids is 2. The summed E-state index contributed by atoms with van der Waals surface area (Å²) < 4.78 is 11.9. The SMILES string of the molecule is CSc1nc(C(=O)OC(C)C(=O)Nc2cc(C)on2)c2ccccn12. The van der Waals surface area contributed by atoms with Crippen molar-refractivity contribution in [2.24, 2.45) is 0 Å². The van der Waals surface area contributed by atoms with Gasteiger partial charge >= 0.3 is 5.97 Å². The first kappa shape index (κ1) is 17.0. The van der Waals surface area contributed by atoms with Gasteiger partial charge in [-0.1, -0.05) is 23.0 Å². The number of hydrogen-bond donors (Lipinski definition) is 1. The van der Waals surface area contributed by atoms with Crippen molar-refractivity contribution in [3.8, 4) is 0 Å². The third kappa shape index (κ3) is 3.50. The van der Waals surface area contributed by atoms with Crippen molar-refractivity contribution in [3.63, 3.8) is 0 Å². The van der Waals surface area contributed by atoms with E-state index in [0.717, 1.165) is 0 Å². The van der Waals surface area contributed by atoms with E-state index in [1.807, 2.05) is 18.5 Å². The fourth-order valence-corrected chi connectivity index (χ4v) is 2.77. The summed E-state index contributed by atoms with van der Waals surface area (Å²) in [6.07, 6.45) is 2.67. The van der Waals surface area contributed by atoms with Gasteiger partial charge in [0, 0.05) is 12.3 Å². The molecule has 0 spiro atoms. The van der Waals surface area contributed by atoms with Crippen LogP contribution in [0.5, 0.6) is 0 Å². The first-order valence-electron chi connectivity index (χ1n) is 7.46. The zero-order valence-corrected chi connectivity index (χ0v) is 14.7. The standard InChI is InChI=1S/C16H16N4O4S/c1-9-8-12(19-24-9)17-14(21)10(2)23-15(22)13-11-6-4-5-7-20(11)16(18-13)25-3/h4-8,10H,1-3H3,(H,17,19,21). The predicted octanol–water partition coefficient (Wildman–Crippen LogP) is 2.54. The van der Waals surface area contributed by atoms with Crippen LogP contribution in [0.2, 0.25) is 0 Å². The Morgan fingerprint density at radius 1 is 1.40 bits per heavy atom. The molecule has 9 heteroatoms. The molecule has 3 aromatic heterocycles. The van der Waals surface area contributed by atoms with Gasteiger partial charge in [-0.05, 0) is 32.2 Å². The van der Waals surface area contributed by atoms with E-state index in [4.69, 9.17) is 9.26 Å². The number of esters is 1. The minimum Gasteiger partial charge on any atom is -0.448 e. The molecule has 1 atom stereocenters. The zero-order valence-electron chi connectivity index (χ0n) is 13.8. The highest BCUT2D eigenvalue weighted by atomic mass is 32.2. The number of pyridine rings is 1. The van der Waals surface area contributed by atoms with Gasteiger partial charge in [0.25, 0.3) is 5.91 Å². The molecular formula is C16H16N4O4S. The first-order valence-corrected chi connectivity index (χ1v) is 8.68. The smallest absolute Gasteiger partial charge is 0.360 e. The lowest BCUT2D eigenvalue weighted by Gasteiger charge is -2.11. The summed E-state index contributed by atoms with van der Waals surface area (Å²) in [5, 5.41) is 6.85. The summed E-state index contributed by atoms with van der Waals surface area (Å²) in [6.45, 7) is 3.19. The molecule has 3 aromatic rings. The topological polar surface area (TPSA) is 98.7 Å². The van der Waals surface area contributed by atoms with E-state index < -0.39 is 18.0 Å². The molecule has 0 saturated carbocycles. The van der Waals surface area contributed by atoms with E-state index in [2.05, 4.69) is 15.5 Å². The number of imidazole rings is 1. The van der Waals surface area contributed by atoms with Crippen LogP contribution >= 0.6 is 11.8 Å². The largest absolute Gasteiger partial charge is 0.448 e. The number of anilines is 1. The number of hydrogen-bond acceptors (Lipinski definition) is 7. The molecule has 0 aliphatic heterocycles. The molecular weight excluding hydrogens is 344 g/mol. The summed E-state index contributed by atoms with van der Waals surface area (Å²) in [5.74, 6) is -0.338. The molecule has 1 N–H and O–H groups in total. The number of rotatable bonds is 5. The Morgan fingerprint density at radius 3 is 2.88 bits per heavy atom. The summed E-state index contributed by atoms with van der Waals surface area (Å²) in [5.41, 5.74) is 0.790. The number of aromatic nitrogens is 3. The lowest BCUT2D eigenvalue weighted by atomic mass is 10.3. The second-order valence-corrected chi connectivity index (χ2v) is 6.04. The van der Waals surface area contributed by atoms with Crippen LogP contribution in [0.25, 0.3) is 5.52 Å². The van der Waals surface area contributed by atoms with Crippen LogP contribution in [0, 0.1) is 6.92 Å². The van der Waals surface area contributed by atoms with Gasteiger partial charge in [0.1, 0.15) is 5.76 Å². The molecule has 0 aromatic carbocycles. The monoisotopic (exact) mass is 360 g/mol. The van der Waals surface area contributed by atoms with Crippen molar-refractivity contribution in [1.82, 2.24) is 14.5 Å². The van der Waals surface area contributed by atoms with Crippen LogP contribution < -0.4 is 5.32 Å². The molecule has 8 nitrogen and oxygen atoms in total. The number of carbonyl (C=O) groups is 2. The Hall–Kier alpha value is -2.81. The van der Waals surface area contributed by atoms with Crippen LogP contribution in [-0.2, 0) is 9.53 Å². The summed E-state index contributed by atoms with van der Waals surface area (Å²) in [4.78, 5) is 28.9. The van der Waals surface area contributed by atoms with E-state index in [-0.39, 0.29) is 11.5 Å². The normalized spacial score (nSPS) is 12.1. The van der Waals surface area contributed by atoms with Crippen LogP contribution in [0.15, 0.2) is 40.1 Å². The average Bonchev–Trinajstić information content (AvgIpc) is 3.18. The number of aryl methyl sites for hydroxylation is 1. The minimum atomic E-state index is -1.01. The van der Waals surface area contributed by atoms with Crippen molar-refractivity contribution in [2.45, 2.75) is 25.1 Å². The van der Waals surface area contributed by atoms with Gasteiger partial charge < -0.3 is 14.6 Å². The second kappa shape index (κ2) is 6.98. The van der Waals surface area contributed by atoms with Gasteiger partial charge in [0.05, 0.1) is 5.52 Å². The maximum atomic E-state index is 12.4. The zero-order chi connectivity index (χ0) is 18.0. The molecule has 1 amide bonds. The molecule has 130 valence electrons. The Balaban J connectivity index is 1.74. The summed E-state index contributed by atoms with van der Waals surface area (Å²) >= 11 is 1.41. The number of fused-ring (bicyclic) bond motifs is 1. The second-order valence-electron chi connectivity index (χ2n) is 5.26. The third-order valence-electron chi connectivity index (χ3n) is 3.42. The highest BCUT2D eigenvalue weighted by Gasteiger charge is 2.24. The van der Waals surface area contributed by atoms with E-state index in [9.17, 15) is 9.59 Å². The minimum absolute atomic E-state index is 0.168. The predicted molar refractivity (Wildman–Crippen MR) is 91.7 cm³/mol. The van der Waals surface area contributed by atoms with Gasteiger partial charge in [-0.15, -0.1) is 0 Å². The third-order valence-corrected chi connectivity index (χ3v) is 4.08. The van der Waals surface area contributed by atoms with Gasteiger partial charge in [-0.3, -0.25) is 9.20 Å². The molecule has 3 heterocycles. The first-order chi connectivity index (χ1) is 12.0. The maximum Gasteiger partial charge on any atom is 0.360 e. The molecule has 0 saturated heterocycles. The van der Waals surface area contributed by atoms with Gasteiger partial charge in [-0.25, -0.2) is 9.78 Å². The number of nitrogens with zero attached hydrogens (tertiary/aromatic N) is 3. The van der Waals surface area contributed by atoms with Crippen LogP contribution in [0.1, 0.15) is 23.2 Å². The van der Waals surface area contributed by atoms with Crippen LogP contribution in [-0.4, -0.2) is 38.8 Å². The van der Waals surface area contributed by atoms with E-state index in [1.165, 1.54) is 18.7 Å². The van der Waals surface area contributed by atoms with Crippen molar-refractivity contribution >= 4 is 35.0 Å². The number of ether oxygens (including phenoxy) is 1. The lowest BCUT2D eigenvalue weighted by Crippen LogP contribution is -2.30. The van der Waals surface area contributed by atoms with Crippen molar-refractivity contribution in [2.75, 3.05) is 11.6 Å². The van der Waals surface area contributed by atoms with E-state index >= 15 is 0 Å². The summed E-state index contributed by atoms with van der Waals surface area (Å²) in [7, 11) is 0. The number of nitrogens with one attached hydrogen (secondary N) is 1. The number of amides is 1. The molecule has 0 fully saturated rings. The Morgan fingerprint density at radius 2 is 2.20 bits per heavy atom. The summed E-state index contributed by atoms with van der Waals surface area (Å²) in [6, 6.07) is 6.99. The highest BCUT2D eigenvalue weighted by Crippen LogP contribution is 2.21. The lowest BCUT2D eigenvalue weighted by molar-refractivity contribution is -0.123. The Labute approximate surface area is 147 Å². The van der Waals surface area contributed by atoms with Crippen LogP contribution in [0.3, 0.4) is 0 Å². The molecule has 25 heavy (non-hydrogen) atoms. The van der Waals surface area contributed by atoms with Crippen molar-refractivity contribution in [3.05, 3.63) is 41.9 Å². The maximum absolute atomic E-state index is 12.4. The van der Waals surface area contributed by atoms with Gasteiger partial charge in [0.2, 0.25) is 0 Å². The fraction of sp³-hybridized carbons (Fsp3) is 0.250. The molecule has 1 unspecified atom stereocenters. The fourth-order valence-electron chi connectivity index (χ4n) is 2.23. The molecule has 0 aliphatic rings. The van der Waals surface area contributed by atoms with Gasteiger partial charge in [-0.2, -0.15) is 0 Å². The number of thioether (sulfide) groups is 1. The molecule has 0 aliphatic carbocycles.